The molecule has 0 radical (unpaired) electrons. The van der Waals surface area contributed by atoms with E-state index in [1.807, 2.05) is 0 Å². The fraction of sp³-hybridized carbons (Fsp3) is 1.00. The molecule has 2 aliphatic carbocycles. The van der Waals surface area contributed by atoms with Crippen LogP contribution < -0.4 is 5.32 Å². The number of ether oxygens (including phenoxy) is 1. The van der Waals surface area contributed by atoms with Crippen molar-refractivity contribution in [3.8, 4) is 0 Å². The van der Waals surface area contributed by atoms with Crippen LogP contribution in [0.3, 0.4) is 0 Å². The Morgan fingerprint density at radius 3 is 2.47 bits per heavy atom. The van der Waals surface area contributed by atoms with Crippen LogP contribution in [0.25, 0.3) is 0 Å². The Hall–Kier alpha value is -0.0800. The molecule has 2 rings (SSSR count). The summed E-state index contributed by atoms with van der Waals surface area (Å²) in [6.07, 6.45) is 10.3. The van der Waals surface area contributed by atoms with Gasteiger partial charge in [-0.3, -0.25) is 0 Å². The van der Waals surface area contributed by atoms with Gasteiger partial charge < -0.3 is 10.1 Å². The molecule has 0 bridgehead atoms. The van der Waals surface area contributed by atoms with Gasteiger partial charge in [-0.05, 0) is 37.0 Å². The Labute approximate surface area is 93.8 Å². The fourth-order valence-corrected chi connectivity index (χ4v) is 3.34. The van der Waals surface area contributed by atoms with E-state index in [-0.39, 0.29) is 0 Å². The van der Waals surface area contributed by atoms with Gasteiger partial charge in [-0.15, -0.1) is 0 Å². The van der Waals surface area contributed by atoms with Crippen LogP contribution in [0.2, 0.25) is 0 Å². The molecule has 0 aromatic heterocycles. The molecule has 2 fully saturated rings. The molecule has 2 heteroatoms. The Morgan fingerprint density at radius 1 is 1.20 bits per heavy atom. The minimum Gasteiger partial charge on any atom is -0.383 e. The van der Waals surface area contributed by atoms with Crippen molar-refractivity contribution in [3.05, 3.63) is 0 Å². The maximum Gasteiger partial charge on any atom is 0.0587 e. The summed E-state index contributed by atoms with van der Waals surface area (Å²) in [5, 5.41) is 3.59. The summed E-state index contributed by atoms with van der Waals surface area (Å²) in [7, 11) is 1.78. The van der Waals surface area contributed by atoms with Crippen LogP contribution in [-0.2, 0) is 4.74 Å². The van der Waals surface area contributed by atoms with E-state index in [4.69, 9.17) is 4.74 Å². The van der Waals surface area contributed by atoms with Crippen LogP contribution in [0.15, 0.2) is 0 Å². The quantitative estimate of drug-likeness (QED) is 0.682. The third-order valence-electron chi connectivity index (χ3n) is 4.53. The van der Waals surface area contributed by atoms with Crippen molar-refractivity contribution in [2.45, 2.75) is 44.9 Å². The summed E-state index contributed by atoms with van der Waals surface area (Å²) in [5.74, 6) is 1.04. The van der Waals surface area contributed by atoms with Crippen LogP contribution in [0.5, 0.6) is 0 Å². The maximum absolute atomic E-state index is 5.08. The average Bonchev–Trinajstić information content (AvgIpc) is 2.59. The van der Waals surface area contributed by atoms with E-state index in [1.165, 1.54) is 51.5 Å². The van der Waals surface area contributed by atoms with E-state index in [1.54, 1.807) is 7.11 Å². The van der Waals surface area contributed by atoms with Crippen molar-refractivity contribution in [2.24, 2.45) is 11.3 Å². The van der Waals surface area contributed by atoms with Gasteiger partial charge in [-0.25, -0.2) is 0 Å². The summed E-state index contributed by atoms with van der Waals surface area (Å²) >= 11 is 0. The van der Waals surface area contributed by atoms with E-state index in [2.05, 4.69) is 5.32 Å². The molecule has 2 aliphatic rings. The van der Waals surface area contributed by atoms with Crippen molar-refractivity contribution < 1.29 is 4.74 Å². The van der Waals surface area contributed by atoms with Crippen molar-refractivity contribution >= 4 is 0 Å². The minimum atomic E-state index is 0.673. The summed E-state index contributed by atoms with van der Waals surface area (Å²) in [6.45, 7) is 3.10. The predicted octanol–water partition coefficient (Wildman–Crippen LogP) is 2.58. The van der Waals surface area contributed by atoms with Crippen molar-refractivity contribution in [1.82, 2.24) is 5.32 Å². The molecular weight excluding hydrogens is 186 g/mol. The number of nitrogens with one attached hydrogen (secondary N) is 1. The summed E-state index contributed by atoms with van der Waals surface area (Å²) < 4.78 is 5.08. The molecule has 0 atom stereocenters. The lowest BCUT2D eigenvalue weighted by Gasteiger charge is -2.43. The van der Waals surface area contributed by atoms with Gasteiger partial charge in [-0.2, -0.15) is 0 Å². The third kappa shape index (κ3) is 2.54. The van der Waals surface area contributed by atoms with Crippen molar-refractivity contribution in [3.63, 3.8) is 0 Å². The molecule has 0 heterocycles. The van der Waals surface area contributed by atoms with E-state index in [9.17, 15) is 0 Å². The van der Waals surface area contributed by atoms with Gasteiger partial charge in [0, 0.05) is 20.2 Å². The highest BCUT2D eigenvalue weighted by Gasteiger charge is 2.42. The summed E-state index contributed by atoms with van der Waals surface area (Å²) in [4.78, 5) is 0. The van der Waals surface area contributed by atoms with Crippen molar-refractivity contribution in [2.75, 3.05) is 26.8 Å². The molecule has 0 saturated heterocycles. The van der Waals surface area contributed by atoms with Gasteiger partial charge in [0.05, 0.1) is 6.61 Å². The Bertz CT molecular complexity index is 183. The molecule has 15 heavy (non-hydrogen) atoms. The first-order chi connectivity index (χ1) is 7.37. The number of rotatable bonds is 6. The monoisotopic (exact) mass is 211 g/mol. The molecule has 0 aliphatic heterocycles. The lowest BCUT2D eigenvalue weighted by atomic mass is 9.64. The summed E-state index contributed by atoms with van der Waals surface area (Å²) in [5.41, 5.74) is 0.673. The zero-order chi connectivity index (χ0) is 10.6. The molecule has 0 aromatic rings. The number of methoxy groups -OCH3 is 1. The number of hydrogen-bond acceptors (Lipinski definition) is 2. The zero-order valence-electron chi connectivity index (χ0n) is 10.1. The molecule has 0 amide bonds. The standard InChI is InChI=1S/C13H25NO/c1-15-10-9-14-11-13(7-2-3-8-13)12-5-4-6-12/h12,14H,2-11H2,1H3. The van der Waals surface area contributed by atoms with E-state index < -0.39 is 0 Å². The smallest absolute Gasteiger partial charge is 0.0587 e. The second-order valence-electron chi connectivity index (χ2n) is 5.37. The molecule has 0 unspecified atom stereocenters. The largest absolute Gasteiger partial charge is 0.383 e. The molecular formula is C13H25NO. The lowest BCUT2D eigenvalue weighted by Crippen LogP contribution is -2.42. The Morgan fingerprint density at radius 2 is 1.93 bits per heavy atom. The molecule has 2 saturated carbocycles. The van der Waals surface area contributed by atoms with Crippen LogP contribution in [0.4, 0.5) is 0 Å². The van der Waals surface area contributed by atoms with Crippen LogP contribution in [0.1, 0.15) is 44.9 Å². The molecule has 1 N–H and O–H groups in total. The minimum absolute atomic E-state index is 0.673. The Kier molecular flexibility index (Phi) is 4.04. The van der Waals surface area contributed by atoms with Gasteiger partial charge in [0.25, 0.3) is 0 Å². The van der Waals surface area contributed by atoms with Gasteiger partial charge in [0.15, 0.2) is 0 Å². The predicted molar refractivity (Wildman–Crippen MR) is 63.0 cm³/mol. The lowest BCUT2D eigenvalue weighted by molar-refractivity contribution is 0.0842. The summed E-state index contributed by atoms with van der Waals surface area (Å²) in [6, 6.07) is 0. The molecule has 0 spiro atoms. The SMILES string of the molecule is COCCNCC1(C2CCC2)CCCC1. The second-order valence-corrected chi connectivity index (χ2v) is 5.37. The first-order valence-corrected chi connectivity index (χ1v) is 6.57. The van der Waals surface area contributed by atoms with Crippen LogP contribution in [0, 0.1) is 11.3 Å². The van der Waals surface area contributed by atoms with Crippen molar-refractivity contribution in [1.29, 1.82) is 0 Å². The molecule has 2 nitrogen and oxygen atoms in total. The first-order valence-electron chi connectivity index (χ1n) is 6.57. The van der Waals surface area contributed by atoms with E-state index >= 15 is 0 Å². The highest BCUT2D eigenvalue weighted by atomic mass is 16.5. The fourth-order valence-electron chi connectivity index (χ4n) is 3.34. The Balaban J connectivity index is 1.77. The average molecular weight is 211 g/mol. The van der Waals surface area contributed by atoms with E-state index in [0.29, 0.717) is 5.41 Å². The maximum atomic E-state index is 5.08. The normalized spacial score (nSPS) is 25.4. The highest BCUT2D eigenvalue weighted by Crippen LogP contribution is 2.51. The number of hydrogen-bond donors (Lipinski definition) is 1. The van der Waals surface area contributed by atoms with E-state index in [0.717, 1.165) is 19.1 Å². The zero-order valence-corrected chi connectivity index (χ0v) is 10.1. The van der Waals surface area contributed by atoms with Crippen LogP contribution >= 0.6 is 0 Å². The first kappa shape index (κ1) is 11.4. The van der Waals surface area contributed by atoms with Gasteiger partial charge in [-0.1, -0.05) is 19.3 Å². The topological polar surface area (TPSA) is 21.3 Å². The van der Waals surface area contributed by atoms with Crippen LogP contribution in [-0.4, -0.2) is 26.8 Å². The van der Waals surface area contributed by atoms with Gasteiger partial charge in [0.1, 0.15) is 0 Å². The molecule has 0 aromatic carbocycles. The highest BCUT2D eigenvalue weighted by molar-refractivity contribution is 4.95. The van der Waals surface area contributed by atoms with Gasteiger partial charge in [0.2, 0.25) is 0 Å². The third-order valence-corrected chi connectivity index (χ3v) is 4.53. The second kappa shape index (κ2) is 5.31. The van der Waals surface area contributed by atoms with Gasteiger partial charge >= 0.3 is 0 Å². The molecule has 88 valence electrons.